The molecule has 6 nitrogen and oxygen atoms in total. The van der Waals surface area contributed by atoms with Gasteiger partial charge in [-0.2, -0.15) is 0 Å². The molecule has 0 bridgehead atoms. The van der Waals surface area contributed by atoms with Crippen molar-refractivity contribution in [2.24, 2.45) is 7.05 Å². The van der Waals surface area contributed by atoms with Crippen LogP contribution < -0.4 is 5.32 Å². The van der Waals surface area contributed by atoms with Crippen molar-refractivity contribution in [2.45, 2.75) is 58.1 Å². The first-order valence-corrected chi connectivity index (χ1v) is 8.70. The lowest BCUT2D eigenvalue weighted by Gasteiger charge is -2.21. The van der Waals surface area contributed by atoms with Crippen molar-refractivity contribution in [3.05, 3.63) is 35.8 Å². The van der Waals surface area contributed by atoms with Gasteiger partial charge in [0.2, 0.25) is 0 Å². The molecule has 1 fully saturated rings. The minimum atomic E-state index is -0.0510. The predicted octanol–water partition coefficient (Wildman–Crippen LogP) is 3.40. The van der Waals surface area contributed by atoms with E-state index in [4.69, 9.17) is 14.7 Å². The Balaban J connectivity index is 1.85. The highest BCUT2D eigenvalue weighted by molar-refractivity contribution is 5.39. The molecular formula is C18H27N5O. The molecule has 0 spiro atoms. The largest absolute Gasteiger partial charge is 0.368 e. The summed E-state index contributed by atoms with van der Waals surface area (Å²) in [6, 6.07) is 2.23. The van der Waals surface area contributed by atoms with Crippen LogP contribution in [-0.2, 0) is 11.8 Å². The Morgan fingerprint density at radius 3 is 2.62 bits per heavy atom. The molecule has 2 aromatic rings. The average molecular weight is 329 g/mol. The summed E-state index contributed by atoms with van der Waals surface area (Å²) in [7, 11) is 2.00. The van der Waals surface area contributed by atoms with Gasteiger partial charge in [0.1, 0.15) is 23.6 Å². The van der Waals surface area contributed by atoms with E-state index in [-0.39, 0.29) is 12.1 Å². The third kappa shape index (κ3) is 3.43. The second kappa shape index (κ2) is 6.89. The van der Waals surface area contributed by atoms with Crippen molar-refractivity contribution in [2.75, 3.05) is 11.9 Å². The molecule has 0 radical (unpaired) electrons. The number of hydrogen-bond donors (Lipinski definition) is 1. The molecule has 0 unspecified atom stereocenters. The van der Waals surface area contributed by atoms with Crippen LogP contribution >= 0.6 is 0 Å². The van der Waals surface area contributed by atoms with E-state index < -0.39 is 0 Å². The Morgan fingerprint density at radius 2 is 2.00 bits per heavy atom. The summed E-state index contributed by atoms with van der Waals surface area (Å²) < 4.78 is 7.95. The van der Waals surface area contributed by atoms with Crippen molar-refractivity contribution in [1.29, 1.82) is 0 Å². The highest BCUT2D eigenvalue weighted by Crippen LogP contribution is 2.30. The zero-order chi connectivity index (χ0) is 17.3. The molecule has 3 rings (SSSR count). The van der Waals surface area contributed by atoms with Crippen LogP contribution in [0.4, 0.5) is 5.82 Å². The van der Waals surface area contributed by atoms with Crippen LogP contribution in [0.15, 0.2) is 18.5 Å². The third-order valence-electron chi connectivity index (χ3n) is 4.41. The van der Waals surface area contributed by atoms with Gasteiger partial charge in [-0.05, 0) is 12.3 Å². The van der Waals surface area contributed by atoms with Crippen LogP contribution in [-0.4, -0.2) is 32.2 Å². The van der Waals surface area contributed by atoms with Crippen LogP contribution in [0.3, 0.4) is 0 Å². The molecule has 2 atom stereocenters. The maximum absolute atomic E-state index is 5.93. The van der Waals surface area contributed by atoms with E-state index in [9.17, 15) is 0 Å². The number of anilines is 1. The number of aromatic nitrogens is 4. The molecule has 0 saturated carbocycles. The van der Waals surface area contributed by atoms with E-state index >= 15 is 0 Å². The Labute approximate surface area is 143 Å². The summed E-state index contributed by atoms with van der Waals surface area (Å²) in [4.78, 5) is 13.8. The van der Waals surface area contributed by atoms with E-state index in [1.165, 1.54) is 0 Å². The Kier molecular flexibility index (Phi) is 4.85. The van der Waals surface area contributed by atoms with Gasteiger partial charge in [-0.15, -0.1) is 0 Å². The number of ether oxygens (including phenoxy) is 1. The Morgan fingerprint density at radius 1 is 1.21 bits per heavy atom. The normalized spacial score (nSPS) is 21.0. The van der Waals surface area contributed by atoms with Gasteiger partial charge < -0.3 is 14.6 Å². The molecule has 1 aliphatic rings. The maximum Gasteiger partial charge on any atom is 0.139 e. The van der Waals surface area contributed by atoms with Gasteiger partial charge in [0.05, 0.1) is 6.04 Å². The molecule has 24 heavy (non-hydrogen) atoms. The predicted molar refractivity (Wildman–Crippen MR) is 94.1 cm³/mol. The summed E-state index contributed by atoms with van der Waals surface area (Å²) in [5, 5.41) is 3.57. The van der Waals surface area contributed by atoms with Gasteiger partial charge in [-0.25, -0.2) is 15.0 Å². The quantitative estimate of drug-likeness (QED) is 0.911. The average Bonchev–Trinajstić information content (AvgIpc) is 3.15. The van der Waals surface area contributed by atoms with Crippen molar-refractivity contribution < 1.29 is 4.74 Å². The van der Waals surface area contributed by atoms with E-state index in [2.05, 4.69) is 44.1 Å². The van der Waals surface area contributed by atoms with Gasteiger partial charge in [0.25, 0.3) is 0 Å². The number of nitrogens with zero attached hydrogens (tertiary/aromatic N) is 4. The Hall–Kier alpha value is -1.95. The van der Waals surface area contributed by atoms with Crippen molar-refractivity contribution >= 4 is 5.82 Å². The lowest BCUT2D eigenvalue weighted by Crippen LogP contribution is -2.26. The first kappa shape index (κ1) is 16.9. The maximum atomic E-state index is 5.93. The highest BCUT2D eigenvalue weighted by Gasteiger charge is 2.32. The van der Waals surface area contributed by atoms with Crippen molar-refractivity contribution in [1.82, 2.24) is 19.5 Å². The smallest absolute Gasteiger partial charge is 0.139 e. The van der Waals surface area contributed by atoms with Crippen LogP contribution in [0.1, 0.15) is 69.4 Å². The summed E-state index contributed by atoms with van der Waals surface area (Å²) in [5.74, 6) is 3.39. The van der Waals surface area contributed by atoms with Crippen molar-refractivity contribution in [3.8, 4) is 0 Å². The molecule has 0 aliphatic carbocycles. The fourth-order valence-electron chi connectivity index (χ4n) is 2.95. The number of imidazole rings is 1. The fraction of sp³-hybridized carbons (Fsp3) is 0.611. The zero-order valence-corrected chi connectivity index (χ0v) is 15.2. The van der Waals surface area contributed by atoms with Gasteiger partial charge in [-0.1, -0.05) is 27.7 Å². The van der Waals surface area contributed by atoms with Gasteiger partial charge >= 0.3 is 0 Å². The molecule has 2 aromatic heterocycles. The van der Waals surface area contributed by atoms with Crippen LogP contribution in [0.25, 0.3) is 0 Å². The fourth-order valence-corrected chi connectivity index (χ4v) is 2.95. The molecular weight excluding hydrogens is 302 g/mol. The minimum absolute atomic E-state index is 0.0510. The first-order valence-electron chi connectivity index (χ1n) is 8.70. The summed E-state index contributed by atoms with van der Waals surface area (Å²) in [6.07, 6.45) is 4.65. The second-order valence-corrected chi connectivity index (χ2v) is 7.07. The molecule has 1 aliphatic heterocycles. The van der Waals surface area contributed by atoms with Crippen molar-refractivity contribution in [3.63, 3.8) is 0 Å². The van der Waals surface area contributed by atoms with Gasteiger partial charge in [0, 0.05) is 43.7 Å². The lowest BCUT2D eigenvalue weighted by atomic mass is 10.1. The minimum Gasteiger partial charge on any atom is -0.368 e. The molecule has 0 aromatic carbocycles. The van der Waals surface area contributed by atoms with Crippen LogP contribution in [0.5, 0.6) is 0 Å². The summed E-state index contributed by atoms with van der Waals surface area (Å²) >= 11 is 0. The molecule has 3 heterocycles. The van der Waals surface area contributed by atoms with Crippen LogP contribution in [0.2, 0.25) is 0 Å². The van der Waals surface area contributed by atoms with Gasteiger partial charge in [-0.3, -0.25) is 0 Å². The second-order valence-electron chi connectivity index (χ2n) is 7.07. The topological polar surface area (TPSA) is 64.9 Å². The number of aryl methyl sites for hydroxylation is 1. The van der Waals surface area contributed by atoms with E-state index in [1.54, 1.807) is 0 Å². The highest BCUT2D eigenvalue weighted by atomic mass is 16.5. The number of rotatable bonds is 5. The van der Waals surface area contributed by atoms with Crippen LogP contribution in [0, 0.1) is 0 Å². The monoisotopic (exact) mass is 329 g/mol. The lowest BCUT2D eigenvalue weighted by molar-refractivity contribution is 0.0983. The molecule has 1 saturated heterocycles. The van der Waals surface area contributed by atoms with E-state index in [0.29, 0.717) is 11.8 Å². The molecule has 0 amide bonds. The van der Waals surface area contributed by atoms with Gasteiger partial charge in [0.15, 0.2) is 0 Å². The standard InChI is InChI=1S/C18H27N5O/c1-11(2)14-10-15(22-17(21-14)12(3)4)20-13-6-9-24-16(13)18-19-7-8-23(18)5/h7-8,10-13,16H,6,9H2,1-5H3,(H,20,21,22)/t13-,16-/m0/s1. The number of nitrogens with one attached hydrogen (secondary N) is 1. The molecule has 6 heteroatoms. The number of hydrogen-bond acceptors (Lipinski definition) is 5. The third-order valence-corrected chi connectivity index (χ3v) is 4.41. The summed E-state index contributed by atoms with van der Waals surface area (Å²) in [5.41, 5.74) is 1.07. The zero-order valence-electron chi connectivity index (χ0n) is 15.2. The molecule has 1 N–H and O–H groups in total. The molecule has 130 valence electrons. The van der Waals surface area contributed by atoms with E-state index in [0.717, 1.165) is 36.2 Å². The Bertz CT molecular complexity index is 668. The first-order chi connectivity index (χ1) is 11.5. The summed E-state index contributed by atoms with van der Waals surface area (Å²) in [6.45, 7) is 9.29. The SMILES string of the molecule is CC(C)c1cc(N[C@H]2CCO[C@@H]2c2nccn2C)nc(C(C)C)n1. The van der Waals surface area contributed by atoms with E-state index in [1.807, 2.05) is 24.0 Å².